The fraction of sp³-hybridized carbons (Fsp3) is 0.407. The third-order valence-corrected chi connectivity index (χ3v) is 7.82. The summed E-state index contributed by atoms with van der Waals surface area (Å²) in [5.41, 5.74) is 2.58. The third-order valence-electron chi connectivity index (χ3n) is 7.82. The first-order valence-electron chi connectivity index (χ1n) is 11.5. The van der Waals surface area contributed by atoms with E-state index in [-0.39, 0.29) is 16.9 Å². The van der Waals surface area contributed by atoms with E-state index in [9.17, 15) is 9.59 Å². The molecule has 1 aromatic heterocycles. The number of carbonyl (C=O) groups excluding carboxylic acids is 1. The number of rotatable bonds is 4. The Labute approximate surface area is 181 Å². The lowest BCUT2D eigenvalue weighted by Gasteiger charge is -2.56. The minimum atomic E-state index is -0.350. The molecule has 0 aliphatic heterocycles. The number of para-hydroxylation sites is 1. The third kappa shape index (κ3) is 3.48. The van der Waals surface area contributed by atoms with Crippen molar-refractivity contribution in [1.29, 1.82) is 0 Å². The van der Waals surface area contributed by atoms with Gasteiger partial charge in [-0.25, -0.2) is 4.79 Å². The molecule has 4 nitrogen and oxygen atoms in total. The Kier molecular flexibility index (Phi) is 4.31. The molecule has 2 aromatic carbocycles. The minimum absolute atomic E-state index is 0.125. The van der Waals surface area contributed by atoms with Gasteiger partial charge in [0.2, 0.25) is 5.91 Å². The highest BCUT2D eigenvalue weighted by atomic mass is 16.4. The van der Waals surface area contributed by atoms with E-state index >= 15 is 0 Å². The predicted octanol–water partition coefficient (Wildman–Crippen LogP) is 6.01. The zero-order valence-corrected chi connectivity index (χ0v) is 17.6. The van der Waals surface area contributed by atoms with Gasteiger partial charge < -0.3 is 9.73 Å². The molecular weight excluding hydrogens is 386 g/mol. The minimum Gasteiger partial charge on any atom is -0.422 e. The lowest BCUT2D eigenvalue weighted by Crippen LogP contribution is -2.47. The maximum atomic E-state index is 12.9. The molecular formula is C27H27NO3. The van der Waals surface area contributed by atoms with E-state index in [1.165, 1.54) is 38.5 Å². The Hall–Kier alpha value is -2.88. The highest BCUT2D eigenvalue weighted by Crippen LogP contribution is 2.61. The normalized spacial score (nSPS) is 28.7. The molecule has 4 aliphatic carbocycles. The molecule has 158 valence electrons. The SMILES string of the molecule is O=C(CC12CC3CC(CC(C3)C1)C2)Nc1ccc(-c2cc3ccccc3oc2=O)cc1. The van der Waals surface area contributed by atoms with Crippen LogP contribution in [0, 0.1) is 23.2 Å². The molecule has 1 amide bonds. The Balaban J connectivity index is 1.17. The van der Waals surface area contributed by atoms with Crippen LogP contribution in [0.15, 0.2) is 63.8 Å². The van der Waals surface area contributed by atoms with Crippen LogP contribution in [-0.2, 0) is 4.79 Å². The summed E-state index contributed by atoms with van der Waals surface area (Å²) in [5.74, 6) is 2.69. The van der Waals surface area contributed by atoms with Crippen LogP contribution in [0.1, 0.15) is 44.9 Å². The number of hydrogen-bond donors (Lipinski definition) is 1. The Morgan fingerprint density at radius 2 is 1.58 bits per heavy atom. The number of benzene rings is 2. The monoisotopic (exact) mass is 413 g/mol. The molecule has 4 fully saturated rings. The molecule has 1 heterocycles. The summed E-state index contributed by atoms with van der Waals surface area (Å²) in [6, 6.07) is 16.9. The Morgan fingerprint density at radius 1 is 0.935 bits per heavy atom. The maximum absolute atomic E-state index is 12.9. The van der Waals surface area contributed by atoms with Gasteiger partial charge in [0.25, 0.3) is 0 Å². The fourth-order valence-electron chi connectivity index (χ4n) is 7.05. The van der Waals surface area contributed by atoms with Gasteiger partial charge >= 0.3 is 5.63 Å². The molecule has 1 N–H and O–H groups in total. The van der Waals surface area contributed by atoms with E-state index in [1.807, 2.05) is 48.5 Å². The second-order valence-electron chi connectivity index (χ2n) is 10.2. The highest BCUT2D eigenvalue weighted by Gasteiger charge is 2.51. The van der Waals surface area contributed by atoms with E-state index in [4.69, 9.17) is 4.42 Å². The largest absolute Gasteiger partial charge is 0.422 e. The summed E-state index contributed by atoms with van der Waals surface area (Å²) in [6.45, 7) is 0. The van der Waals surface area contributed by atoms with Gasteiger partial charge in [0, 0.05) is 17.5 Å². The van der Waals surface area contributed by atoms with Crippen molar-refractivity contribution < 1.29 is 9.21 Å². The molecule has 4 aliphatic rings. The van der Waals surface area contributed by atoms with Gasteiger partial charge in [-0.3, -0.25) is 4.79 Å². The average Bonchev–Trinajstić information content (AvgIpc) is 2.72. The number of anilines is 1. The molecule has 0 saturated heterocycles. The molecule has 0 unspecified atom stereocenters. The van der Waals surface area contributed by atoms with E-state index in [2.05, 4.69) is 5.32 Å². The topological polar surface area (TPSA) is 59.3 Å². The molecule has 0 radical (unpaired) electrons. The van der Waals surface area contributed by atoms with E-state index < -0.39 is 0 Å². The summed E-state index contributed by atoms with van der Waals surface area (Å²) in [6.07, 6.45) is 8.54. The van der Waals surface area contributed by atoms with Gasteiger partial charge in [-0.1, -0.05) is 30.3 Å². The van der Waals surface area contributed by atoms with Crippen molar-refractivity contribution in [1.82, 2.24) is 0 Å². The van der Waals surface area contributed by atoms with Crippen molar-refractivity contribution >= 4 is 22.6 Å². The number of carbonyl (C=O) groups is 1. The molecule has 31 heavy (non-hydrogen) atoms. The van der Waals surface area contributed by atoms with Crippen LogP contribution in [0.25, 0.3) is 22.1 Å². The summed E-state index contributed by atoms with van der Waals surface area (Å²) in [7, 11) is 0. The van der Waals surface area contributed by atoms with Crippen LogP contribution in [-0.4, -0.2) is 5.91 Å². The molecule has 0 spiro atoms. The van der Waals surface area contributed by atoms with Crippen molar-refractivity contribution in [3.63, 3.8) is 0 Å². The van der Waals surface area contributed by atoms with Gasteiger partial charge in [0.05, 0.1) is 5.56 Å². The molecule has 0 atom stereocenters. The standard InChI is InChI=1S/C27H27NO3/c29-25(16-27-13-17-9-18(14-27)11-19(10-17)15-27)28-22-7-5-20(6-8-22)23-12-21-3-1-2-4-24(21)31-26(23)30/h1-8,12,17-19H,9-11,13-16H2,(H,28,29). The van der Waals surface area contributed by atoms with Gasteiger partial charge in [0.1, 0.15) is 5.58 Å². The van der Waals surface area contributed by atoms with Crippen LogP contribution < -0.4 is 10.9 Å². The summed E-state index contributed by atoms with van der Waals surface area (Å²) < 4.78 is 5.45. The first kappa shape index (κ1) is 18.9. The van der Waals surface area contributed by atoms with Crippen LogP contribution in [0.2, 0.25) is 0 Å². The van der Waals surface area contributed by atoms with Crippen LogP contribution in [0.4, 0.5) is 5.69 Å². The fourth-order valence-corrected chi connectivity index (χ4v) is 7.05. The van der Waals surface area contributed by atoms with Gasteiger partial charge in [-0.15, -0.1) is 0 Å². The second kappa shape index (κ2) is 7.08. The number of nitrogens with one attached hydrogen (secondary N) is 1. The van der Waals surface area contributed by atoms with Crippen LogP contribution in [0.3, 0.4) is 0 Å². The number of hydrogen-bond acceptors (Lipinski definition) is 3. The van der Waals surface area contributed by atoms with Gasteiger partial charge in [-0.2, -0.15) is 0 Å². The predicted molar refractivity (Wildman–Crippen MR) is 122 cm³/mol. The van der Waals surface area contributed by atoms with Crippen LogP contribution in [0.5, 0.6) is 0 Å². The lowest BCUT2D eigenvalue weighted by atomic mass is 9.49. The Bertz CT molecular complexity index is 1170. The molecule has 4 saturated carbocycles. The molecule has 4 bridgehead atoms. The van der Waals surface area contributed by atoms with Crippen molar-refractivity contribution in [2.24, 2.45) is 23.2 Å². The smallest absolute Gasteiger partial charge is 0.344 e. The van der Waals surface area contributed by atoms with Crippen molar-refractivity contribution in [3.05, 3.63) is 65.0 Å². The van der Waals surface area contributed by atoms with Crippen molar-refractivity contribution in [3.8, 4) is 11.1 Å². The van der Waals surface area contributed by atoms with Crippen LogP contribution >= 0.6 is 0 Å². The quantitative estimate of drug-likeness (QED) is 0.533. The molecule has 4 heteroatoms. The number of amides is 1. The lowest BCUT2D eigenvalue weighted by molar-refractivity contribution is -0.124. The zero-order chi connectivity index (χ0) is 21.0. The second-order valence-corrected chi connectivity index (χ2v) is 10.2. The van der Waals surface area contributed by atoms with Gasteiger partial charge in [-0.05, 0) is 91.5 Å². The zero-order valence-electron chi connectivity index (χ0n) is 17.6. The van der Waals surface area contributed by atoms with Crippen molar-refractivity contribution in [2.45, 2.75) is 44.9 Å². The van der Waals surface area contributed by atoms with E-state index in [0.717, 1.165) is 34.4 Å². The number of fused-ring (bicyclic) bond motifs is 1. The van der Waals surface area contributed by atoms with Gasteiger partial charge in [0.15, 0.2) is 0 Å². The summed E-state index contributed by atoms with van der Waals surface area (Å²) in [5, 5.41) is 3.99. The van der Waals surface area contributed by atoms with Crippen molar-refractivity contribution in [2.75, 3.05) is 5.32 Å². The van der Waals surface area contributed by atoms with E-state index in [1.54, 1.807) is 6.07 Å². The Morgan fingerprint density at radius 3 is 2.26 bits per heavy atom. The first-order valence-corrected chi connectivity index (χ1v) is 11.5. The maximum Gasteiger partial charge on any atom is 0.344 e. The van der Waals surface area contributed by atoms with E-state index in [0.29, 0.717) is 17.6 Å². The molecule has 7 rings (SSSR count). The first-order chi connectivity index (χ1) is 15.1. The highest BCUT2D eigenvalue weighted by molar-refractivity contribution is 5.91. The molecule has 3 aromatic rings. The summed E-state index contributed by atoms with van der Waals surface area (Å²) >= 11 is 0. The average molecular weight is 414 g/mol. The summed E-state index contributed by atoms with van der Waals surface area (Å²) in [4.78, 5) is 25.3.